The highest BCUT2D eigenvalue weighted by molar-refractivity contribution is 5.32. The Balaban J connectivity index is 3.05. The van der Waals surface area contributed by atoms with Gasteiger partial charge in [0.15, 0.2) is 0 Å². The molecule has 0 saturated carbocycles. The van der Waals surface area contributed by atoms with Gasteiger partial charge in [-0.25, -0.2) is 4.39 Å². The van der Waals surface area contributed by atoms with Crippen LogP contribution in [0, 0.1) is 12.7 Å². The number of hydrogen-bond acceptors (Lipinski definition) is 0. The van der Waals surface area contributed by atoms with E-state index in [0.29, 0.717) is 0 Å². The van der Waals surface area contributed by atoms with Crippen LogP contribution in [-0.4, -0.2) is 0 Å². The van der Waals surface area contributed by atoms with Gasteiger partial charge in [0, 0.05) is 0 Å². The lowest BCUT2D eigenvalue weighted by Gasteiger charge is -2.07. The van der Waals surface area contributed by atoms with E-state index in [9.17, 15) is 4.39 Å². The highest BCUT2D eigenvalue weighted by atomic mass is 19.1. The molecule has 0 aliphatic rings. The van der Waals surface area contributed by atoms with Crippen molar-refractivity contribution in [3.05, 3.63) is 34.6 Å². The summed E-state index contributed by atoms with van der Waals surface area (Å²) in [6.45, 7) is 6.16. The Labute approximate surface area is 79.8 Å². The largest absolute Gasteiger partial charge is 0.207 e. The summed E-state index contributed by atoms with van der Waals surface area (Å²) in [6.07, 6.45) is 2.83. The first-order valence-corrected chi connectivity index (χ1v) is 4.97. The van der Waals surface area contributed by atoms with Gasteiger partial charge in [0.25, 0.3) is 0 Å². The van der Waals surface area contributed by atoms with Crippen molar-refractivity contribution in [1.29, 1.82) is 0 Å². The van der Waals surface area contributed by atoms with Crippen LogP contribution in [0.3, 0.4) is 0 Å². The molecule has 13 heavy (non-hydrogen) atoms. The molecular formula is C12H17F. The van der Waals surface area contributed by atoms with Gasteiger partial charge >= 0.3 is 0 Å². The maximum Gasteiger partial charge on any atom is 0.126 e. The third-order valence-corrected chi connectivity index (χ3v) is 2.41. The normalized spacial score (nSPS) is 10.5. The van der Waals surface area contributed by atoms with E-state index in [2.05, 4.69) is 13.8 Å². The second-order valence-electron chi connectivity index (χ2n) is 3.47. The maximum atomic E-state index is 13.4. The third kappa shape index (κ3) is 2.30. The Morgan fingerprint density at radius 2 is 1.85 bits per heavy atom. The molecule has 0 heterocycles. The fraction of sp³-hybridized carbons (Fsp3) is 0.500. The third-order valence-electron chi connectivity index (χ3n) is 2.41. The van der Waals surface area contributed by atoms with Crippen LogP contribution in [0.25, 0.3) is 0 Å². The second-order valence-corrected chi connectivity index (χ2v) is 3.47. The summed E-state index contributed by atoms with van der Waals surface area (Å²) in [5.41, 5.74) is 3.20. The maximum absolute atomic E-state index is 13.4. The monoisotopic (exact) mass is 180 g/mol. The lowest BCUT2D eigenvalue weighted by atomic mass is 10.00. The molecule has 0 atom stereocenters. The zero-order valence-electron chi connectivity index (χ0n) is 8.65. The van der Waals surface area contributed by atoms with E-state index in [-0.39, 0.29) is 5.82 Å². The Bertz CT molecular complexity index is 289. The lowest BCUT2D eigenvalue weighted by Crippen LogP contribution is -1.95. The van der Waals surface area contributed by atoms with Crippen molar-refractivity contribution in [2.24, 2.45) is 0 Å². The number of benzene rings is 1. The minimum absolute atomic E-state index is 0.0449. The minimum Gasteiger partial charge on any atom is -0.207 e. The van der Waals surface area contributed by atoms with Gasteiger partial charge < -0.3 is 0 Å². The smallest absolute Gasteiger partial charge is 0.126 e. The van der Waals surface area contributed by atoms with E-state index >= 15 is 0 Å². The minimum atomic E-state index is -0.0449. The van der Waals surface area contributed by atoms with Gasteiger partial charge in [0.05, 0.1) is 0 Å². The van der Waals surface area contributed by atoms with Crippen LogP contribution >= 0.6 is 0 Å². The molecule has 0 bridgehead atoms. The summed E-state index contributed by atoms with van der Waals surface area (Å²) in [6, 6.07) is 3.66. The Kier molecular flexibility index (Phi) is 3.47. The zero-order chi connectivity index (χ0) is 9.84. The Morgan fingerprint density at radius 1 is 1.15 bits per heavy atom. The second kappa shape index (κ2) is 4.40. The van der Waals surface area contributed by atoms with Crippen molar-refractivity contribution >= 4 is 0 Å². The highest BCUT2D eigenvalue weighted by Crippen LogP contribution is 2.17. The number of rotatable bonds is 3. The molecule has 0 radical (unpaired) electrons. The molecule has 0 aliphatic carbocycles. The van der Waals surface area contributed by atoms with Gasteiger partial charge in [-0.3, -0.25) is 0 Å². The molecule has 0 nitrogen and oxygen atoms in total. The summed E-state index contributed by atoms with van der Waals surface area (Å²) in [4.78, 5) is 0. The van der Waals surface area contributed by atoms with Crippen LogP contribution in [0.4, 0.5) is 4.39 Å². The molecular weight excluding hydrogens is 163 g/mol. The van der Waals surface area contributed by atoms with E-state index in [0.717, 1.165) is 30.4 Å². The molecule has 0 aliphatic heterocycles. The SMILES string of the molecule is CCCc1cc(F)c(CC)cc1C. The van der Waals surface area contributed by atoms with Gasteiger partial charge in [0.2, 0.25) is 0 Å². The van der Waals surface area contributed by atoms with Crippen LogP contribution in [0.15, 0.2) is 12.1 Å². The van der Waals surface area contributed by atoms with E-state index < -0.39 is 0 Å². The number of hydrogen-bond donors (Lipinski definition) is 0. The van der Waals surface area contributed by atoms with E-state index in [1.165, 1.54) is 5.56 Å². The summed E-state index contributed by atoms with van der Waals surface area (Å²) >= 11 is 0. The lowest BCUT2D eigenvalue weighted by molar-refractivity contribution is 0.608. The Morgan fingerprint density at radius 3 is 2.38 bits per heavy atom. The number of aryl methyl sites for hydroxylation is 3. The zero-order valence-corrected chi connectivity index (χ0v) is 8.65. The highest BCUT2D eigenvalue weighted by Gasteiger charge is 2.04. The predicted molar refractivity (Wildman–Crippen MR) is 54.5 cm³/mol. The molecule has 1 aromatic carbocycles. The molecule has 0 spiro atoms. The van der Waals surface area contributed by atoms with E-state index in [4.69, 9.17) is 0 Å². The van der Waals surface area contributed by atoms with Crippen LogP contribution < -0.4 is 0 Å². The van der Waals surface area contributed by atoms with Crippen LogP contribution in [-0.2, 0) is 12.8 Å². The van der Waals surface area contributed by atoms with Gasteiger partial charge in [-0.15, -0.1) is 0 Å². The van der Waals surface area contributed by atoms with E-state index in [1.807, 2.05) is 13.0 Å². The number of halogens is 1. The van der Waals surface area contributed by atoms with Crippen molar-refractivity contribution < 1.29 is 4.39 Å². The van der Waals surface area contributed by atoms with Crippen LogP contribution in [0.5, 0.6) is 0 Å². The van der Waals surface area contributed by atoms with Crippen molar-refractivity contribution in [2.75, 3.05) is 0 Å². The fourth-order valence-electron chi connectivity index (χ4n) is 1.59. The molecule has 72 valence electrons. The molecule has 0 N–H and O–H groups in total. The molecule has 0 saturated heterocycles. The Hall–Kier alpha value is -0.850. The standard InChI is InChI=1S/C12H17F/c1-4-6-11-8-12(13)10(5-2)7-9(11)3/h7-8H,4-6H2,1-3H3. The summed E-state index contributed by atoms with van der Waals surface area (Å²) in [5.74, 6) is -0.0449. The first kappa shape index (κ1) is 10.2. The van der Waals surface area contributed by atoms with Gasteiger partial charge in [-0.2, -0.15) is 0 Å². The molecule has 0 aromatic heterocycles. The van der Waals surface area contributed by atoms with Gasteiger partial charge in [0.1, 0.15) is 5.82 Å². The van der Waals surface area contributed by atoms with Crippen molar-refractivity contribution in [3.8, 4) is 0 Å². The molecule has 1 heteroatoms. The average molecular weight is 180 g/mol. The van der Waals surface area contributed by atoms with Crippen molar-refractivity contribution in [3.63, 3.8) is 0 Å². The summed E-state index contributed by atoms with van der Waals surface area (Å²) in [7, 11) is 0. The predicted octanol–water partition coefficient (Wildman–Crippen LogP) is 3.65. The molecule has 0 unspecified atom stereocenters. The molecule has 1 rings (SSSR count). The molecule has 0 fully saturated rings. The molecule has 1 aromatic rings. The topological polar surface area (TPSA) is 0 Å². The fourth-order valence-corrected chi connectivity index (χ4v) is 1.59. The van der Waals surface area contributed by atoms with Gasteiger partial charge in [-0.05, 0) is 42.5 Å². The summed E-state index contributed by atoms with van der Waals surface area (Å²) < 4.78 is 13.4. The quantitative estimate of drug-likeness (QED) is 0.666. The average Bonchev–Trinajstić information content (AvgIpc) is 2.11. The van der Waals surface area contributed by atoms with Gasteiger partial charge in [-0.1, -0.05) is 26.3 Å². The first-order valence-electron chi connectivity index (χ1n) is 4.97. The van der Waals surface area contributed by atoms with Crippen LogP contribution in [0.2, 0.25) is 0 Å². The van der Waals surface area contributed by atoms with E-state index in [1.54, 1.807) is 6.07 Å². The van der Waals surface area contributed by atoms with Crippen molar-refractivity contribution in [1.82, 2.24) is 0 Å². The summed E-state index contributed by atoms with van der Waals surface area (Å²) in [5, 5.41) is 0. The van der Waals surface area contributed by atoms with Crippen molar-refractivity contribution in [2.45, 2.75) is 40.0 Å². The molecule has 0 amide bonds. The van der Waals surface area contributed by atoms with Crippen LogP contribution in [0.1, 0.15) is 37.0 Å². The first-order chi connectivity index (χ1) is 6.19.